The van der Waals surface area contributed by atoms with Gasteiger partial charge in [-0.25, -0.2) is 0 Å². The molecule has 20 heavy (non-hydrogen) atoms. The Morgan fingerprint density at radius 2 is 2.15 bits per heavy atom. The van der Waals surface area contributed by atoms with Crippen LogP contribution in [0, 0.1) is 18.8 Å². The van der Waals surface area contributed by atoms with Crippen molar-refractivity contribution in [2.24, 2.45) is 22.7 Å². The number of amidine groups is 1. The lowest BCUT2D eigenvalue weighted by molar-refractivity contribution is 0.318. The van der Waals surface area contributed by atoms with Crippen molar-refractivity contribution in [1.82, 2.24) is 5.32 Å². The van der Waals surface area contributed by atoms with Gasteiger partial charge in [0, 0.05) is 18.2 Å². The predicted octanol–water partition coefficient (Wildman–Crippen LogP) is 2.61. The van der Waals surface area contributed by atoms with Gasteiger partial charge in [-0.15, -0.1) is 0 Å². The fourth-order valence-corrected chi connectivity index (χ4v) is 3.01. The van der Waals surface area contributed by atoms with Gasteiger partial charge in [-0.05, 0) is 48.8 Å². The van der Waals surface area contributed by atoms with Gasteiger partial charge in [0.15, 0.2) is 5.84 Å². The van der Waals surface area contributed by atoms with E-state index in [2.05, 4.69) is 37.3 Å². The monoisotopic (exact) mass is 275 g/mol. The van der Waals surface area contributed by atoms with Gasteiger partial charge in [0.2, 0.25) is 0 Å². The maximum atomic E-state index is 8.70. The summed E-state index contributed by atoms with van der Waals surface area (Å²) in [7, 11) is 0. The molecule has 0 heterocycles. The molecule has 1 aromatic carbocycles. The third kappa shape index (κ3) is 3.12. The Labute approximate surface area is 121 Å². The van der Waals surface area contributed by atoms with Crippen LogP contribution in [0.5, 0.6) is 0 Å². The van der Waals surface area contributed by atoms with E-state index in [0.717, 1.165) is 23.9 Å². The van der Waals surface area contributed by atoms with Gasteiger partial charge in [-0.3, -0.25) is 0 Å². The van der Waals surface area contributed by atoms with E-state index in [9.17, 15) is 0 Å². The zero-order valence-corrected chi connectivity index (χ0v) is 12.6. The lowest BCUT2D eigenvalue weighted by Crippen LogP contribution is -2.32. The molecule has 4 N–H and O–H groups in total. The number of nitrogens with one attached hydrogen (secondary N) is 1. The highest BCUT2D eigenvalue weighted by Crippen LogP contribution is 2.31. The average molecular weight is 275 g/mol. The number of aryl methyl sites for hydroxylation is 1. The van der Waals surface area contributed by atoms with E-state index in [1.165, 1.54) is 24.0 Å². The molecule has 0 amide bonds. The molecule has 0 spiro atoms. The fourth-order valence-electron chi connectivity index (χ4n) is 3.01. The van der Waals surface area contributed by atoms with Crippen molar-refractivity contribution >= 4 is 5.84 Å². The van der Waals surface area contributed by atoms with E-state index in [1.54, 1.807) is 0 Å². The van der Waals surface area contributed by atoms with E-state index in [4.69, 9.17) is 10.9 Å². The van der Waals surface area contributed by atoms with Gasteiger partial charge in [0.05, 0.1) is 0 Å². The molecule has 4 heteroatoms. The maximum Gasteiger partial charge on any atom is 0.170 e. The summed E-state index contributed by atoms with van der Waals surface area (Å²) in [6.07, 6.45) is 2.59. The molecule has 1 aliphatic carbocycles. The Hall–Kier alpha value is -1.55. The first kappa shape index (κ1) is 14.9. The van der Waals surface area contributed by atoms with Crippen molar-refractivity contribution in [1.29, 1.82) is 0 Å². The summed E-state index contributed by atoms with van der Waals surface area (Å²) < 4.78 is 0. The van der Waals surface area contributed by atoms with Gasteiger partial charge in [-0.2, -0.15) is 0 Å². The largest absolute Gasteiger partial charge is 0.409 e. The molecule has 0 radical (unpaired) electrons. The van der Waals surface area contributed by atoms with Crippen LogP contribution in [0.4, 0.5) is 0 Å². The average Bonchev–Trinajstić information content (AvgIpc) is 2.76. The Kier molecular flexibility index (Phi) is 4.65. The Morgan fingerprint density at radius 1 is 1.40 bits per heavy atom. The lowest BCUT2D eigenvalue weighted by Gasteiger charge is -2.20. The summed E-state index contributed by atoms with van der Waals surface area (Å²) in [6.45, 7) is 7.61. The van der Waals surface area contributed by atoms with Crippen molar-refractivity contribution in [3.63, 3.8) is 0 Å². The van der Waals surface area contributed by atoms with E-state index in [1.807, 2.05) is 12.1 Å². The Bertz CT molecular complexity index is 498. The highest BCUT2D eigenvalue weighted by molar-refractivity contribution is 5.97. The number of hydrogen-bond acceptors (Lipinski definition) is 3. The number of rotatable bonds is 4. The van der Waals surface area contributed by atoms with Crippen molar-refractivity contribution < 1.29 is 5.21 Å². The first-order valence-electron chi connectivity index (χ1n) is 7.33. The second-order valence-electron chi connectivity index (χ2n) is 6.03. The summed E-state index contributed by atoms with van der Waals surface area (Å²) in [4.78, 5) is 0. The second kappa shape index (κ2) is 6.27. The lowest BCUT2D eigenvalue weighted by atomic mass is 9.97. The molecule has 0 aromatic heterocycles. The minimum Gasteiger partial charge on any atom is -0.409 e. The molecule has 4 nitrogen and oxygen atoms in total. The molecule has 0 bridgehead atoms. The summed E-state index contributed by atoms with van der Waals surface area (Å²) in [5.41, 5.74) is 8.80. The molecule has 2 rings (SSSR count). The zero-order chi connectivity index (χ0) is 14.7. The first-order valence-corrected chi connectivity index (χ1v) is 7.33. The summed E-state index contributed by atoms with van der Waals surface area (Å²) in [5, 5.41) is 15.4. The Balaban J connectivity index is 2.00. The predicted molar refractivity (Wildman–Crippen MR) is 81.9 cm³/mol. The van der Waals surface area contributed by atoms with Crippen LogP contribution in [0.2, 0.25) is 0 Å². The molecular weight excluding hydrogens is 250 g/mol. The van der Waals surface area contributed by atoms with Crippen molar-refractivity contribution in [3.8, 4) is 0 Å². The van der Waals surface area contributed by atoms with Crippen molar-refractivity contribution in [3.05, 3.63) is 34.9 Å². The minimum absolute atomic E-state index is 0.158. The van der Waals surface area contributed by atoms with Gasteiger partial charge in [0.25, 0.3) is 0 Å². The molecule has 1 saturated carbocycles. The molecule has 1 aromatic rings. The van der Waals surface area contributed by atoms with Gasteiger partial charge < -0.3 is 16.3 Å². The van der Waals surface area contributed by atoms with Crippen LogP contribution in [0.3, 0.4) is 0 Å². The van der Waals surface area contributed by atoms with Crippen LogP contribution in [-0.2, 0) is 6.54 Å². The van der Waals surface area contributed by atoms with Crippen LogP contribution in [0.15, 0.2) is 23.4 Å². The maximum absolute atomic E-state index is 8.70. The standard InChI is InChI=1S/C16H25N3O/c1-10-4-7-15(12(10)3)18-9-14-6-5-13(8-11(14)2)16(17)19-20/h5-6,8,10,12,15,18,20H,4,7,9H2,1-3H3,(H2,17,19). The number of nitrogens with zero attached hydrogens (tertiary/aromatic N) is 1. The topological polar surface area (TPSA) is 70.6 Å². The molecule has 0 saturated heterocycles. The summed E-state index contributed by atoms with van der Waals surface area (Å²) in [5.74, 6) is 1.72. The molecule has 110 valence electrons. The van der Waals surface area contributed by atoms with Crippen LogP contribution < -0.4 is 11.1 Å². The van der Waals surface area contributed by atoms with Crippen molar-refractivity contribution in [2.75, 3.05) is 0 Å². The SMILES string of the molecule is Cc1cc(/C(N)=N/O)ccc1CNC1CCC(C)C1C. The highest BCUT2D eigenvalue weighted by atomic mass is 16.4. The van der Waals surface area contributed by atoms with Crippen LogP contribution in [0.1, 0.15) is 43.4 Å². The molecular formula is C16H25N3O. The van der Waals surface area contributed by atoms with E-state index in [0.29, 0.717) is 6.04 Å². The van der Waals surface area contributed by atoms with E-state index >= 15 is 0 Å². The normalized spacial score (nSPS) is 26.9. The van der Waals surface area contributed by atoms with Gasteiger partial charge in [0.1, 0.15) is 0 Å². The second-order valence-corrected chi connectivity index (χ2v) is 6.03. The van der Waals surface area contributed by atoms with Crippen LogP contribution in [-0.4, -0.2) is 17.1 Å². The smallest absolute Gasteiger partial charge is 0.170 e. The fraction of sp³-hybridized carbons (Fsp3) is 0.562. The number of oxime groups is 1. The third-order valence-corrected chi connectivity index (χ3v) is 4.77. The van der Waals surface area contributed by atoms with Gasteiger partial charge >= 0.3 is 0 Å². The number of nitrogens with two attached hydrogens (primary N) is 1. The minimum atomic E-state index is 0.158. The third-order valence-electron chi connectivity index (χ3n) is 4.77. The number of hydrogen-bond donors (Lipinski definition) is 3. The molecule has 1 aliphatic rings. The molecule has 0 aliphatic heterocycles. The van der Waals surface area contributed by atoms with Gasteiger partial charge in [-0.1, -0.05) is 31.1 Å². The highest BCUT2D eigenvalue weighted by Gasteiger charge is 2.29. The van der Waals surface area contributed by atoms with E-state index in [-0.39, 0.29) is 5.84 Å². The first-order chi connectivity index (χ1) is 9.52. The van der Waals surface area contributed by atoms with Crippen molar-refractivity contribution in [2.45, 2.75) is 46.2 Å². The summed E-state index contributed by atoms with van der Waals surface area (Å²) >= 11 is 0. The quantitative estimate of drug-likeness (QED) is 0.342. The zero-order valence-electron chi connectivity index (χ0n) is 12.6. The van der Waals surface area contributed by atoms with E-state index < -0.39 is 0 Å². The van der Waals surface area contributed by atoms with Crippen LogP contribution in [0.25, 0.3) is 0 Å². The molecule has 3 atom stereocenters. The summed E-state index contributed by atoms with van der Waals surface area (Å²) in [6, 6.07) is 6.54. The van der Waals surface area contributed by atoms with Crippen LogP contribution >= 0.6 is 0 Å². The molecule has 3 unspecified atom stereocenters. The Morgan fingerprint density at radius 3 is 2.70 bits per heavy atom. The molecule has 1 fully saturated rings. The number of benzene rings is 1.